The third-order valence-electron chi connectivity index (χ3n) is 16.8. The van der Waals surface area contributed by atoms with E-state index in [1.165, 1.54) is 340 Å². The third-order valence-corrected chi connectivity index (χ3v) is 16.8. The highest BCUT2D eigenvalue weighted by molar-refractivity contribution is 5.76. The van der Waals surface area contributed by atoms with E-state index in [0.717, 1.165) is 38.5 Å². The molecule has 0 radical (unpaired) electrons. The van der Waals surface area contributed by atoms with E-state index < -0.39 is 12.1 Å². The van der Waals surface area contributed by atoms with Crippen LogP contribution in [-0.2, 0) is 14.3 Å². The number of esters is 1. The van der Waals surface area contributed by atoms with Crippen LogP contribution < -0.4 is 5.32 Å². The molecule has 0 rings (SSSR count). The van der Waals surface area contributed by atoms with Crippen molar-refractivity contribution in [1.82, 2.24) is 5.32 Å². The number of aliphatic hydroxyl groups is 2. The molecule has 0 bridgehead atoms. The maximum atomic E-state index is 12.5. The van der Waals surface area contributed by atoms with Gasteiger partial charge >= 0.3 is 5.97 Å². The van der Waals surface area contributed by atoms with Crippen LogP contribution >= 0.6 is 0 Å². The minimum Gasteiger partial charge on any atom is -0.466 e. The summed E-state index contributed by atoms with van der Waals surface area (Å²) in [5, 5.41) is 23.2. The third kappa shape index (κ3) is 63.6. The molecular weight excluding hydrogens is 947 g/mol. The molecule has 0 aromatic carbocycles. The van der Waals surface area contributed by atoms with Gasteiger partial charge in [0, 0.05) is 12.8 Å². The average molecular weight is 1090 g/mol. The van der Waals surface area contributed by atoms with Gasteiger partial charge < -0.3 is 20.3 Å². The number of nitrogens with one attached hydrogen (secondary N) is 1. The molecule has 458 valence electrons. The normalized spacial score (nSPS) is 12.5. The van der Waals surface area contributed by atoms with Crippen LogP contribution in [0.3, 0.4) is 0 Å². The first-order chi connectivity index (χ1) is 38.0. The van der Waals surface area contributed by atoms with Crippen molar-refractivity contribution < 1.29 is 24.5 Å². The molecule has 0 heterocycles. The SMILES string of the molecule is CCCCCCCCCCCCCCCCC/C=C/C(O)C(CO)NC(=O)CCCCCCCCCCCCCCCCCCCCCCCCCCCCCCCCCOC(=O)CCCCCCCCCCCCCC. The van der Waals surface area contributed by atoms with Crippen LogP contribution in [0, 0.1) is 0 Å². The first kappa shape index (κ1) is 75.6. The minimum absolute atomic E-state index is 0.0219. The quantitative estimate of drug-likeness (QED) is 0.0320. The fourth-order valence-electron chi connectivity index (χ4n) is 11.4. The predicted octanol–water partition coefficient (Wildman–Crippen LogP) is 22.8. The number of unbranched alkanes of at least 4 members (excludes halogenated alkanes) is 56. The molecule has 1 amide bonds. The Hall–Kier alpha value is -1.40. The zero-order valence-electron chi connectivity index (χ0n) is 52.5. The summed E-state index contributed by atoms with van der Waals surface area (Å²) in [4.78, 5) is 24.5. The van der Waals surface area contributed by atoms with E-state index in [9.17, 15) is 19.8 Å². The number of carbonyl (C=O) groups excluding carboxylic acids is 2. The summed E-state index contributed by atoms with van der Waals surface area (Å²) >= 11 is 0. The number of allylic oxidation sites excluding steroid dienone is 1. The van der Waals surface area contributed by atoms with Crippen molar-refractivity contribution in [3.8, 4) is 0 Å². The Balaban J connectivity index is 3.34. The van der Waals surface area contributed by atoms with Crippen molar-refractivity contribution >= 4 is 11.9 Å². The summed E-state index contributed by atoms with van der Waals surface area (Å²) in [6.45, 7) is 4.95. The van der Waals surface area contributed by atoms with Gasteiger partial charge in [-0.2, -0.15) is 0 Å². The number of hydrogen-bond acceptors (Lipinski definition) is 5. The molecule has 0 aliphatic heterocycles. The smallest absolute Gasteiger partial charge is 0.305 e. The molecule has 0 aromatic heterocycles. The van der Waals surface area contributed by atoms with Crippen molar-refractivity contribution in [3.63, 3.8) is 0 Å². The van der Waals surface area contributed by atoms with Crippen LogP contribution in [-0.4, -0.2) is 47.4 Å². The van der Waals surface area contributed by atoms with Crippen LogP contribution in [0.5, 0.6) is 0 Å². The van der Waals surface area contributed by atoms with Gasteiger partial charge in [-0.05, 0) is 32.1 Å². The lowest BCUT2D eigenvalue weighted by molar-refractivity contribution is -0.143. The van der Waals surface area contributed by atoms with Crippen molar-refractivity contribution in [2.75, 3.05) is 13.2 Å². The Morgan fingerprint density at radius 3 is 0.883 bits per heavy atom. The molecule has 0 aromatic rings. The van der Waals surface area contributed by atoms with E-state index in [1.54, 1.807) is 6.08 Å². The van der Waals surface area contributed by atoms with E-state index in [0.29, 0.717) is 19.4 Å². The monoisotopic (exact) mass is 1090 g/mol. The second-order valence-electron chi connectivity index (χ2n) is 24.6. The summed E-state index contributed by atoms with van der Waals surface area (Å²) in [7, 11) is 0. The van der Waals surface area contributed by atoms with Crippen molar-refractivity contribution in [2.24, 2.45) is 0 Å². The summed E-state index contributed by atoms with van der Waals surface area (Å²) in [5.41, 5.74) is 0. The minimum atomic E-state index is -0.841. The van der Waals surface area contributed by atoms with Gasteiger partial charge in [-0.1, -0.05) is 373 Å². The summed E-state index contributed by atoms with van der Waals surface area (Å²) < 4.78 is 5.49. The lowest BCUT2D eigenvalue weighted by Gasteiger charge is -2.20. The first-order valence-corrected chi connectivity index (χ1v) is 35.5. The van der Waals surface area contributed by atoms with Gasteiger partial charge in [0.1, 0.15) is 0 Å². The van der Waals surface area contributed by atoms with Gasteiger partial charge in [0.2, 0.25) is 5.91 Å². The standard InChI is InChI=1S/C71H139NO5/c1-3-5-7-9-11-13-15-17-18-34-37-40-43-47-51-55-59-63-69(74)68(67-73)72-70(75)64-60-56-52-48-44-41-38-35-32-30-28-26-24-22-20-19-21-23-25-27-29-31-33-36-39-42-46-50-54-58-62-66-77-71(76)65-61-57-53-49-45-16-14-12-10-8-6-4-2/h59,63,68-69,73-74H,3-58,60-62,64-67H2,1-2H3,(H,72,75)/b63-59+. The van der Waals surface area contributed by atoms with Crippen molar-refractivity contribution in [3.05, 3.63) is 12.2 Å². The maximum absolute atomic E-state index is 12.5. The number of aliphatic hydroxyl groups excluding tert-OH is 2. The van der Waals surface area contributed by atoms with Crippen LogP contribution in [0.1, 0.15) is 406 Å². The van der Waals surface area contributed by atoms with E-state index in [4.69, 9.17) is 4.74 Å². The Labute approximate surface area is 482 Å². The van der Waals surface area contributed by atoms with E-state index in [-0.39, 0.29) is 18.5 Å². The van der Waals surface area contributed by atoms with Gasteiger partial charge in [-0.3, -0.25) is 9.59 Å². The van der Waals surface area contributed by atoms with Crippen LogP contribution in [0.25, 0.3) is 0 Å². The topological polar surface area (TPSA) is 95.9 Å². The molecule has 0 aliphatic carbocycles. The zero-order chi connectivity index (χ0) is 55.7. The largest absolute Gasteiger partial charge is 0.466 e. The molecule has 2 unspecified atom stereocenters. The summed E-state index contributed by atoms with van der Waals surface area (Å²) in [6, 6.07) is -0.624. The Morgan fingerprint density at radius 1 is 0.351 bits per heavy atom. The lowest BCUT2D eigenvalue weighted by atomic mass is 10.0. The summed E-state index contributed by atoms with van der Waals surface area (Å²) in [5.74, 6) is -0.0382. The highest BCUT2D eigenvalue weighted by Gasteiger charge is 2.18. The predicted molar refractivity (Wildman–Crippen MR) is 338 cm³/mol. The second-order valence-corrected chi connectivity index (χ2v) is 24.6. The number of rotatable bonds is 67. The molecule has 6 heteroatoms. The highest BCUT2D eigenvalue weighted by Crippen LogP contribution is 2.19. The van der Waals surface area contributed by atoms with Gasteiger partial charge in [-0.25, -0.2) is 0 Å². The Bertz CT molecular complexity index is 1160. The number of amides is 1. The zero-order valence-corrected chi connectivity index (χ0v) is 52.5. The van der Waals surface area contributed by atoms with E-state index in [1.807, 2.05) is 6.08 Å². The van der Waals surface area contributed by atoms with Crippen LogP contribution in [0.15, 0.2) is 12.2 Å². The molecule has 77 heavy (non-hydrogen) atoms. The molecule has 0 fully saturated rings. The molecule has 0 spiro atoms. The molecule has 0 saturated carbocycles. The Kier molecular flexibility index (Phi) is 65.9. The fraction of sp³-hybridized carbons (Fsp3) is 0.944. The van der Waals surface area contributed by atoms with Crippen molar-refractivity contribution in [2.45, 2.75) is 418 Å². The molecule has 0 saturated heterocycles. The molecule has 6 nitrogen and oxygen atoms in total. The van der Waals surface area contributed by atoms with Gasteiger partial charge in [0.15, 0.2) is 0 Å². The molecule has 0 aliphatic rings. The van der Waals surface area contributed by atoms with E-state index >= 15 is 0 Å². The maximum Gasteiger partial charge on any atom is 0.305 e. The number of hydrogen-bond donors (Lipinski definition) is 3. The second kappa shape index (κ2) is 67.1. The average Bonchev–Trinajstić information content (AvgIpc) is 3.43. The lowest BCUT2D eigenvalue weighted by Crippen LogP contribution is -2.45. The van der Waals surface area contributed by atoms with E-state index in [2.05, 4.69) is 19.2 Å². The molecule has 3 N–H and O–H groups in total. The van der Waals surface area contributed by atoms with Crippen LogP contribution in [0.4, 0.5) is 0 Å². The number of carbonyl (C=O) groups is 2. The van der Waals surface area contributed by atoms with Gasteiger partial charge in [-0.15, -0.1) is 0 Å². The van der Waals surface area contributed by atoms with Crippen LogP contribution in [0.2, 0.25) is 0 Å². The van der Waals surface area contributed by atoms with Gasteiger partial charge in [0.05, 0.1) is 25.4 Å². The molecule has 2 atom stereocenters. The van der Waals surface area contributed by atoms with Gasteiger partial charge in [0.25, 0.3) is 0 Å². The highest BCUT2D eigenvalue weighted by atomic mass is 16.5. The molecular formula is C71H139NO5. The Morgan fingerprint density at radius 2 is 0.597 bits per heavy atom. The van der Waals surface area contributed by atoms with Crippen molar-refractivity contribution in [1.29, 1.82) is 0 Å². The first-order valence-electron chi connectivity index (χ1n) is 35.5. The fourth-order valence-corrected chi connectivity index (χ4v) is 11.4. The number of ether oxygens (including phenoxy) is 1. The summed E-state index contributed by atoms with van der Waals surface area (Å²) in [6.07, 6.45) is 83.0.